The maximum absolute atomic E-state index is 13.0. The molecule has 0 saturated heterocycles. The van der Waals surface area contributed by atoms with Crippen molar-refractivity contribution in [2.24, 2.45) is 0 Å². The molecule has 0 aliphatic heterocycles. The van der Waals surface area contributed by atoms with Crippen molar-refractivity contribution in [2.75, 3.05) is 6.61 Å². The number of aliphatic hydroxyl groups is 7. The van der Waals surface area contributed by atoms with E-state index in [1.54, 1.807) is 0 Å². The number of nitrogens with one attached hydrogen (secondary N) is 1. The van der Waals surface area contributed by atoms with Crippen molar-refractivity contribution in [3.05, 3.63) is 0 Å². The summed E-state index contributed by atoms with van der Waals surface area (Å²) in [6.45, 7) is 3.81. The summed E-state index contributed by atoms with van der Waals surface area (Å²) in [6.07, 6.45) is 25.8. The molecule has 1 aliphatic carbocycles. The van der Waals surface area contributed by atoms with E-state index >= 15 is 0 Å². The van der Waals surface area contributed by atoms with Gasteiger partial charge in [0.1, 0.15) is 36.6 Å². The van der Waals surface area contributed by atoms with E-state index in [9.17, 15) is 50.0 Å². The van der Waals surface area contributed by atoms with Crippen molar-refractivity contribution in [2.45, 2.75) is 293 Å². The molecule has 0 aromatic carbocycles. The Morgan fingerprint density at radius 2 is 0.806 bits per heavy atom. The molecule has 9 N–H and O–H groups in total. The van der Waals surface area contributed by atoms with Crippen molar-refractivity contribution >= 4 is 13.7 Å². The van der Waals surface area contributed by atoms with Crippen LogP contribution in [0.2, 0.25) is 0 Å². The summed E-state index contributed by atoms with van der Waals surface area (Å²) < 4.78 is 23.0. The fourth-order valence-electron chi connectivity index (χ4n) is 8.54. The van der Waals surface area contributed by atoms with Gasteiger partial charge in [-0.25, -0.2) is 4.57 Å². The SMILES string of the molecule is CCCCCCCCCCCCCCCCCCCCCCC(O)C(COP(=O)(O)OC1C(O)C(O)C(O)C(O)C1O)NC(=O)CC(O)CCCCCCCCCCCCCC. The number of hydrogen-bond acceptors (Lipinski definition) is 11. The van der Waals surface area contributed by atoms with Crippen LogP contribution >= 0.6 is 7.82 Å². The van der Waals surface area contributed by atoms with Crippen LogP contribution in [0.4, 0.5) is 0 Å². The summed E-state index contributed by atoms with van der Waals surface area (Å²) in [7, 11) is -5.11. The van der Waals surface area contributed by atoms with E-state index < -0.39 is 75.2 Å². The summed E-state index contributed by atoms with van der Waals surface area (Å²) in [5.41, 5.74) is 0. The van der Waals surface area contributed by atoms with Gasteiger partial charge >= 0.3 is 7.82 Å². The highest BCUT2D eigenvalue weighted by atomic mass is 31.2. The van der Waals surface area contributed by atoms with Gasteiger partial charge in [0.2, 0.25) is 5.91 Å². The highest BCUT2D eigenvalue weighted by molar-refractivity contribution is 7.47. The lowest BCUT2D eigenvalue weighted by Crippen LogP contribution is -2.64. The lowest BCUT2D eigenvalue weighted by Gasteiger charge is -2.41. The van der Waals surface area contributed by atoms with Crippen LogP contribution in [0, 0.1) is 0 Å². The quantitative estimate of drug-likeness (QED) is 0.0206. The fraction of sp³-hybridized carbons (Fsp3) is 0.979. The van der Waals surface area contributed by atoms with Crippen molar-refractivity contribution < 1.29 is 59.0 Å². The molecule has 0 aromatic rings. The molecule has 0 heterocycles. The molecule has 1 fully saturated rings. The van der Waals surface area contributed by atoms with Gasteiger partial charge in [0.25, 0.3) is 0 Å². The van der Waals surface area contributed by atoms with Crippen LogP contribution in [0.15, 0.2) is 0 Å². The first kappa shape index (κ1) is 59.3. The molecular weight excluding hydrogens is 813 g/mol. The maximum atomic E-state index is 13.0. The van der Waals surface area contributed by atoms with Gasteiger partial charge < -0.3 is 46.0 Å². The first-order valence-corrected chi connectivity index (χ1v) is 27.1. The Morgan fingerprint density at radius 1 is 0.500 bits per heavy atom. The molecule has 1 saturated carbocycles. The zero-order valence-electron chi connectivity index (χ0n) is 39.3. The van der Waals surface area contributed by atoms with Crippen LogP contribution in [0.1, 0.15) is 239 Å². The standard InChI is InChI=1S/C48H96NO12P/c1-3-5-7-9-11-13-15-17-18-19-20-21-22-23-24-26-28-30-32-34-36-41(51)40(38-60-62(58,59)61-48-46(56)44(54)43(53)45(55)47(48)57)49-42(52)37-39(50)35-33-31-29-27-25-16-14-12-10-8-6-4-2/h39-41,43-48,50-51,53-57H,3-38H2,1-2H3,(H,49,52)(H,58,59). The molecule has 0 radical (unpaired) electrons. The van der Waals surface area contributed by atoms with Crippen LogP contribution in [0.3, 0.4) is 0 Å². The number of unbranched alkanes of at least 4 members (excludes halogenated alkanes) is 30. The average molecular weight is 910 g/mol. The average Bonchev–Trinajstić information content (AvgIpc) is 3.24. The third-order valence-electron chi connectivity index (χ3n) is 12.7. The normalized spacial score (nSPS) is 22.9. The number of hydrogen-bond donors (Lipinski definition) is 9. The van der Waals surface area contributed by atoms with Crippen molar-refractivity contribution in [1.29, 1.82) is 0 Å². The van der Waals surface area contributed by atoms with E-state index in [0.29, 0.717) is 12.8 Å². The Labute approximate surface area is 377 Å². The van der Waals surface area contributed by atoms with Gasteiger partial charge in [0.15, 0.2) is 0 Å². The Morgan fingerprint density at radius 3 is 1.16 bits per heavy atom. The number of carbonyl (C=O) groups is 1. The van der Waals surface area contributed by atoms with Crippen LogP contribution in [-0.4, -0.2) is 108 Å². The Kier molecular flexibility index (Phi) is 36.7. The molecule has 1 rings (SSSR count). The van der Waals surface area contributed by atoms with Gasteiger partial charge in [-0.1, -0.05) is 219 Å². The summed E-state index contributed by atoms with van der Waals surface area (Å²) in [5, 5.41) is 74.7. The van der Waals surface area contributed by atoms with Gasteiger partial charge in [-0.3, -0.25) is 13.8 Å². The van der Waals surface area contributed by atoms with Crippen LogP contribution in [0.25, 0.3) is 0 Å². The number of rotatable bonds is 43. The number of aliphatic hydroxyl groups excluding tert-OH is 7. The largest absolute Gasteiger partial charge is 0.472 e. The fourth-order valence-corrected chi connectivity index (χ4v) is 9.51. The maximum Gasteiger partial charge on any atom is 0.472 e. The van der Waals surface area contributed by atoms with E-state index in [-0.39, 0.29) is 12.8 Å². The zero-order chi connectivity index (χ0) is 45.9. The minimum Gasteiger partial charge on any atom is -0.393 e. The third-order valence-corrected chi connectivity index (χ3v) is 13.7. The predicted molar refractivity (Wildman–Crippen MR) is 248 cm³/mol. The van der Waals surface area contributed by atoms with Gasteiger partial charge in [-0.05, 0) is 12.8 Å². The molecule has 0 bridgehead atoms. The van der Waals surface area contributed by atoms with Gasteiger partial charge in [0, 0.05) is 0 Å². The molecule has 62 heavy (non-hydrogen) atoms. The highest BCUT2D eigenvalue weighted by Crippen LogP contribution is 2.47. The summed E-state index contributed by atoms with van der Waals surface area (Å²) in [5.74, 6) is -0.556. The number of amides is 1. The molecule has 1 aliphatic rings. The smallest absolute Gasteiger partial charge is 0.393 e. The predicted octanol–water partition coefficient (Wildman–Crippen LogP) is 9.21. The number of phosphoric acid groups is 1. The second kappa shape index (κ2) is 38.4. The van der Waals surface area contributed by atoms with Crippen molar-refractivity contribution in [3.63, 3.8) is 0 Å². The number of phosphoric ester groups is 1. The second-order valence-corrected chi connectivity index (χ2v) is 20.0. The lowest BCUT2D eigenvalue weighted by atomic mass is 9.85. The van der Waals surface area contributed by atoms with Crippen molar-refractivity contribution in [3.8, 4) is 0 Å². The van der Waals surface area contributed by atoms with Crippen LogP contribution < -0.4 is 5.32 Å². The number of carbonyl (C=O) groups excluding carboxylic acids is 1. The molecule has 13 nitrogen and oxygen atoms in total. The molecule has 14 heteroatoms. The summed E-state index contributed by atoms with van der Waals surface area (Å²) in [4.78, 5) is 23.5. The Hall–Kier alpha value is -0.700. The van der Waals surface area contributed by atoms with E-state index in [4.69, 9.17) is 9.05 Å². The molecule has 1 amide bonds. The van der Waals surface area contributed by atoms with E-state index in [1.807, 2.05) is 0 Å². The lowest BCUT2D eigenvalue weighted by molar-refractivity contribution is -0.220. The third kappa shape index (κ3) is 29.8. The van der Waals surface area contributed by atoms with Gasteiger partial charge in [-0.15, -0.1) is 0 Å². The molecule has 8 atom stereocenters. The van der Waals surface area contributed by atoms with Crippen LogP contribution in [-0.2, 0) is 18.4 Å². The van der Waals surface area contributed by atoms with Crippen molar-refractivity contribution in [1.82, 2.24) is 5.32 Å². The van der Waals surface area contributed by atoms with E-state index in [0.717, 1.165) is 51.4 Å². The molecular formula is C48H96NO12P. The zero-order valence-corrected chi connectivity index (χ0v) is 40.2. The first-order valence-electron chi connectivity index (χ1n) is 25.6. The molecule has 370 valence electrons. The Bertz CT molecular complexity index is 1070. The molecule has 0 aromatic heterocycles. The highest BCUT2D eigenvalue weighted by Gasteiger charge is 2.51. The molecule has 8 unspecified atom stereocenters. The first-order chi connectivity index (χ1) is 29.8. The van der Waals surface area contributed by atoms with Gasteiger partial charge in [-0.2, -0.15) is 0 Å². The minimum absolute atomic E-state index is 0.216. The Balaban J connectivity index is 2.45. The topological polar surface area (TPSA) is 226 Å². The second-order valence-electron chi connectivity index (χ2n) is 18.6. The van der Waals surface area contributed by atoms with E-state index in [2.05, 4.69) is 19.2 Å². The summed E-state index contributed by atoms with van der Waals surface area (Å²) >= 11 is 0. The molecule has 0 spiro atoms. The summed E-state index contributed by atoms with van der Waals surface area (Å²) in [6, 6.07) is -1.15. The minimum atomic E-state index is -5.11. The van der Waals surface area contributed by atoms with Crippen LogP contribution in [0.5, 0.6) is 0 Å². The van der Waals surface area contributed by atoms with Gasteiger partial charge in [0.05, 0.1) is 31.3 Å². The van der Waals surface area contributed by atoms with E-state index in [1.165, 1.54) is 148 Å². The monoisotopic (exact) mass is 910 g/mol.